The van der Waals surface area contributed by atoms with Gasteiger partial charge in [-0.2, -0.15) is 0 Å². The molecule has 3 nitrogen and oxygen atoms in total. The van der Waals surface area contributed by atoms with Gasteiger partial charge < -0.3 is 15.8 Å². The molecule has 0 spiro atoms. The highest BCUT2D eigenvalue weighted by atomic mass is 35.5. The third-order valence-corrected chi connectivity index (χ3v) is 2.52. The first-order valence-corrected chi connectivity index (χ1v) is 5.71. The van der Waals surface area contributed by atoms with Crippen molar-refractivity contribution in [2.24, 2.45) is 5.73 Å². The van der Waals surface area contributed by atoms with Gasteiger partial charge in [0.15, 0.2) is 0 Å². The van der Waals surface area contributed by atoms with Crippen molar-refractivity contribution < 1.29 is 4.74 Å². The summed E-state index contributed by atoms with van der Waals surface area (Å²) in [7, 11) is 1.67. The Balaban J connectivity index is 2.77. The predicted octanol–water partition coefficient (Wildman–Crippen LogP) is 2.09. The lowest BCUT2D eigenvalue weighted by Gasteiger charge is -2.13. The number of nitrogens with one attached hydrogen (secondary N) is 1. The van der Waals surface area contributed by atoms with Gasteiger partial charge in [0, 0.05) is 29.7 Å². The lowest BCUT2D eigenvalue weighted by Crippen LogP contribution is -2.30. The normalized spacial score (nSPS) is 12.6. The summed E-state index contributed by atoms with van der Waals surface area (Å²) in [5.41, 5.74) is 7.78. The first-order valence-electron chi connectivity index (χ1n) is 5.34. The Hall–Kier alpha value is -0.770. The van der Waals surface area contributed by atoms with Crippen molar-refractivity contribution in [3.63, 3.8) is 0 Å². The molecular formula is C12H19ClN2O. The number of rotatable bonds is 5. The minimum absolute atomic E-state index is 0.145. The second kappa shape index (κ2) is 6.09. The lowest BCUT2D eigenvalue weighted by atomic mass is 10.1. The number of hydrogen-bond donors (Lipinski definition) is 2. The van der Waals surface area contributed by atoms with E-state index in [4.69, 9.17) is 22.1 Å². The Bertz CT molecular complexity index is 353. The summed E-state index contributed by atoms with van der Waals surface area (Å²) in [4.78, 5) is 0. The van der Waals surface area contributed by atoms with Crippen LogP contribution in [0.1, 0.15) is 18.1 Å². The summed E-state index contributed by atoms with van der Waals surface area (Å²) in [6, 6.07) is 3.96. The first-order chi connectivity index (χ1) is 7.54. The van der Waals surface area contributed by atoms with E-state index >= 15 is 0 Å². The van der Waals surface area contributed by atoms with Crippen molar-refractivity contribution in [2.45, 2.75) is 26.4 Å². The Kier molecular flexibility index (Phi) is 5.06. The van der Waals surface area contributed by atoms with Crippen molar-refractivity contribution in [3.8, 4) is 5.75 Å². The van der Waals surface area contributed by atoms with Crippen LogP contribution in [0.3, 0.4) is 0 Å². The molecule has 0 aliphatic carbocycles. The fraction of sp³-hybridized carbons (Fsp3) is 0.500. The van der Waals surface area contributed by atoms with Gasteiger partial charge in [0.25, 0.3) is 0 Å². The molecule has 1 aromatic carbocycles. The van der Waals surface area contributed by atoms with E-state index in [1.165, 1.54) is 0 Å². The number of hydrogen-bond acceptors (Lipinski definition) is 3. The Labute approximate surface area is 102 Å². The van der Waals surface area contributed by atoms with Crippen molar-refractivity contribution in [1.29, 1.82) is 0 Å². The zero-order chi connectivity index (χ0) is 12.1. The second-order valence-electron chi connectivity index (χ2n) is 4.02. The molecule has 1 atom stereocenters. The highest BCUT2D eigenvalue weighted by Gasteiger charge is 2.07. The van der Waals surface area contributed by atoms with Gasteiger partial charge in [0.05, 0.1) is 7.11 Å². The van der Waals surface area contributed by atoms with E-state index in [1.807, 2.05) is 26.0 Å². The number of ether oxygens (including phenoxy) is 1. The maximum atomic E-state index is 6.01. The van der Waals surface area contributed by atoms with Gasteiger partial charge in [0.1, 0.15) is 5.75 Å². The van der Waals surface area contributed by atoms with Crippen LogP contribution in [0.15, 0.2) is 12.1 Å². The fourth-order valence-corrected chi connectivity index (χ4v) is 1.95. The van der Waals surface area contributed by atoms with E-state index in [0.717, 1.165) is 28.4 Å². The van der Waals surface area contributed by atoms with E-state index in [1.54, 1.807) is 7.11 Å². The molecule has 1 rings (SSSR count). The molecule has 0 bridgehead atoms. The quantitative estimate of drug-likeness (QED) is 0.831. The van der Waals surface area contributed by atoms with Crippen molar-refractivity contribution in [3.05, 3.63) is 28.3 Å². The van der Waals surface area contributed by atoms with Crippen molar-refractivity contribution in [2.75, 3.05) is 13.7 Å². The Morgan fingerprint density at radius 2 is 2.19 bits per heavy atom. The zero-order valence-electron chi connectivity index (χ0n) is 10.0. The number of methoxy groups -OCH3 is 1. The monoisotopic (exact) mass is 242 g/mol. The average Bonchev–Trinajstić information content (AvgIpc) is 2.16. The minimum Gasteiger partial charge on any atom is -0.496 e. The maximum absolute atomic E-state index is 6.01. The molecule has 0 saturated heterocycles. The number of halogens is 1. The third-order valence-electron chi connectivity index (χ3n) is 2.30. The highest BCUT2D eigenvalue weighted by molar-refractivity contribution is 6.30. The molecule has 0 fully saturated rings. The molecule has 0 saturated carbocycles. The molecule has 4 heteroatoms. The van der Waals surface area contributed by atoms with E-state index in [-0.39, 0.29) is 6.04 Å². The van der Waals surface area contributed by atoms with Crippen LogP contribution in [0, 0.1) is 6.92 Å². The minimum atomic E-state index is 0.145. The zero-order valence-corrected chi connectivity index (χ0v) is 10.8. The van der Waals surface area contributed by atoms with Crippen LogP contribution in [0.4, 0.5) is 0 Å². The SMILES string of the molecule is COc1c(C)cc(Cl)cc1CNCC(C)N. The average molecular weight is 243 g/mol. The molecule has 1 aromatic rings. The van der Waals surface area contributed by atoms with E-state index in [2.05, 4.69) is 5.32 Å². The molecule has 0 aliphatic heterocycles. The van der Waals surface area contributed by atoms with E-state index in [0.29, 0.717) is 6.54 Å². The summed E-state index contributed by atoms with van der Waals surface area (Å²) in [5, 5.41) is 4.00. The van der Waals surface area contributed by atoms with Crippen LogP contribution >= 0.6 is 11.6 Å². The van der Waals surface area contributed by atoms with Crippen LogP contribution < -0.4 is 15.8 Å². The van der Waals surface area contributed by atoms with Gasteiger partial charge in [-0.1, -0.05) is 11.6 Å². The molecule has 0 radical (unpaired) electrons. The van der Waals surface area contributed by atoms with Crippen molar-refractivity contribution >= 4 is 11.6 Å². The standard InChI is InChI=1S/C12H19ClN2O/c1-8-4-11(13)5-10(12(8)16-3)7-15-6-9(2)14/h4-5,9,15H,6-7,14H2,1-3H3. The Morgan fingerprint density at radius 3 is 2.75 bits per heavy atom. The summed E-state index contributed by atoms with van der Waals surface area (Å²) in [6.07, 6.45) is 0. The molecule has 90 valence electrons. The topological polar surface area (TPSA) is 47.3 Å². The van der Waals surface area contributed by atoms with Gasteiger partial charge in [-0.25, -0.2) is 0 Å². The smallest absolute Gasteiger partial charge is 0.126 e. The van der Waals surface area contributed by atoms with Crippen molar-refractivity contribution in [1.82, 2.24) is 5.32 Å². The number of nitrogens with two attached hydrogens (primary N) is 1. The molecule has 0 aromatic heterocycles. The summed E-state index contributed by atoms with van der Waals surface area (Å²) in [6.45, 7) is 5.44. The van der Waals surface area contributed by atoms with Crippen LogP contribution in [-0.2, 0) is 6.54 Å². The third kappa shape index (κ3) is 3.67. The van der Waals surface area contributed by atoms with Gasteiger partial charge in [-0.05, 0) is 31.5 Å². The van der Waals surface area contributed by atoms with Gasteiger partial charge in [-0.15, -0.1) is 0 Å². The summed E-state index contributed by atoms with van der Waals surface area (Å²) in [5.74, 6) is 0.890. The highest BCUT2D eigenvalue weighted by Crippen LogP contribution is 2.27. The maximum Gasteiger partial charge on any atom is 0.126 e. The summed E-state index contributed by atoms with van der Waals surface area (Å²) >= 11 is 6.01. The summed E-state index contributed by atoms with van der Waals surface area (Å²) < 4.78 is 5.36. The number of benzene rings is 1. The predicted molar refractivity (Wildman–Crippen MR) is 68.1 cm³/mol. The molecule has 16 heavy (non-hydrogen) atoms. The molecular weight excluding hydrogens is 224 g/mol. The fourth-order valence-electron chi connectivity index (χ4n) is 1.66. The second-order valence-corrected chi connectivity index (χ2v) is 4.46. The van der Waals surface area contributed by atoms with E-state index < -0.39 is 0 Å². The number of aryl methyl sites for hydroxylation is 1. The Morgan fingerprint density at radius 1 is 1.50 bits per heavy atom. The van der Waals surface area contributed by atoms with Crippen LogP contribution in [-0.4, -0.2) is 19.7 Å². The van der Waals surface area contributed by atoms with Gasteiger partial charge in [-0.3, -0.25) is 0 Å². The first kappa shape index (κ1) is 13.3. The molecule has 0 heterocycles. The molecule has 1 unspecified atom stereocenters. The van der Waals surface area contributed by atoms with Gasteiger partial charge >= 0.3 is 0 Å². The largest absolute Gasteiger partial charge is 0.496 e. The molecule has 3 N–H and O–H groups in total. The lowest BCUT2D eigenvalue weighted by molar-refractivity contribution is 0.404. The van der Waals surface area contributed by atoms with Crippen LogP contribution in [0.5, 0.6) is 5.75 Å². The molecule has 0 amide bonds. The van der Waals surface area contributed by atoms with E-state index in [9.17, 15) is 0 Å². The van der Waals surface area contributed by atoms with Gasteiger partial charge in [0.2, 0.25) is 0 Å². The van der Waals surface area contributed by atoms with Crippen LogP contribution in [0.25, 0.3) is 0 Å². The van der Waals surface area contributed by atoms with Crippen LogP contribution in [0.2, 0.25) is 5.02 Å². The molecule has 0 aliphatic rings.